The first-order chi connectivity index (χ1) is 10.1. The molecule has 0 saturated carbocycles. The number of halogens is 1. The summed E-state index contributed by atoms with van der Waals surface area (Å²) in [4.78, 5) is 4.32. The second kappa shape index (κ2) is 4.53. The highest BCUT2D eigenvalue weighted by atomic mass is 35.5. The molecule has 0 amide bonds. The van der Waals surface area contributed by atoms with Crippen molar-refractivity contribution in [1.29, 1.82) is 0 Å². The van der Waals surface area contributed by atoms with Gasteiger partial charge >= 0.3 is 0 Å². The Kier molecular flexibility index (Phi) is 2.76. The van der Waals surface area contributed by atoms with Crippen LogP contribution < -0.4 is 0 Å². The molecule has 0 spiro atoms. The SMILES string of the molecule is Cc1nc(Cl)c2nnc(C3Cc4ccccc4C3)n2c1C. The lowest BCUT2D eigenvalue weighted by Crippen LogP contribution is -2.08. The van der Waals surface area contributed by atoms with Crippen molar-refractivity contribution in [3.8, 4) is 0 Å². The minimum atomic E-state index is 0.356. The fourth-order valence-corrected chi connectivity index (χ4v) is 3.46. The van der Waals surface area contributed by atoms with E-state index in [-0.39, 0.29) is 0 Å². The Balaban J connectivity index is 1.86. The quantitative estimate of drug-likeness (QED) is 0.692. The molecular formula is C16H15ClN4. The van der Waals surface area contributed by atoms with Gasteiger partial charge in [-0.1, -0.05) is 35.9 Å². The van der Waals surface area contributed by atoms with Gasteiger partial charge in [0.2, 0.25) is 0 Å². The molecule has 0 aliphatic heterocycles. The predicted octanol–water partition coefficient (Wildman–Crippen LogP) is 3.28. The zero-order chi connectivity index (χ0) is 14.6. The second-order valence-electron chi connectivity index (χ2n) is 5.66. The van der Waals surface area contributed by atoms with Crippen LogP contribution in [0.3, 0.4) is 0 Å². The van der Waals surface area contributed by atoms with Crippen LogP contribution >= 0.6 is 11.6 Å². The first-order valence-electron chi connectivity index (χ1n) is 7.09. The second-order valence-corrected chi connectivity index (χ2v) is 6.02. The van der Waals surface area contributed by atoms with Gasteiger partial charge in [-0.3, -0.25) is 4.40 Å². The summed E-state index contributed by atoms with van der Waals surface area (Å²) in [5.74, 6) is 1.35. The van der Waals surface area contributed by atoms with Gasteiger partial charge in [-0.25, -0.2) is 4.98 Å². The van der Waals surface area contributed by atoms with Crippen molar-refractivity contribution < 1.29 is 0 Å². The summed E-state index contributed by atoms with van der Waals surface area (Å²) in [5, 5.41) is 9.08. The number of hydrogen-bond donors (Lipinski definition) is 0. The maximum atomic E-state index is 6.21. The normalized spacial score (nSPS) is 14.8. The van der Waals surface area contributed by atoms with E-state index in [2.05, 4.69) is 43.8 Å². The minimum absolute atomic E-state index is 0.356. The van der Waals surface area contributed by atoms with E-state index in [1.54, 1.807) is 0 Å². The van der Waals surface area contributed by atoms with Crippen LogP contribution in [-0.2, 0) is 12.8 Å². The van der Waals surface area contributed by atoms with Crippen molar-refractivity contribution in [3.63, 3.8) is 0 Å². The fraction of sp³-hybridized carbons (Fsp3) is 0.312. The van der Waals surface area contributed by atoms with Gasteiger partial charge in [-0.15, -0.1) is 10.2 Å². The Morgan fingerprint density at radius 3 is 2.43 bits per heavy atom. The highest BCUT2D eigenvalue weighted by Crippen LogP contribution is 2.34. The standard InChI is InChI=1S/C16H15ClN4/c1-9-10(2)21-15(19-20-16(21)14(17)18-9)13-7-11-5-3-4-6-12(11)8-13/h3-6,13H,7-8H2,1-2H3. The van der Waals surface area contributed by atoms with Gasteiger partial charge < -0.3 is 0 Å². The minimum Gasteiger partial charge on any atom is -0.279 e. The predicted molar refractivity (Wildman–Crippen MR) is 81.9 cm³/mol. The average Bonchev–Trinajstić information content (AvgIpc) is 3.08. The van der Waals surface area contributed by atoms with Gasteiger partial charge in [-0.05, 0) is 37.8 Å². The van der Waals surface area contributed by atoms with Crippen molar-refractivity contribution in [3.05, 3.63) is 57.8 Å². The average molecular weight is 299 g/mol. The third kappa shape index (κ3) is 1.86. The van der Waals surface area contributed by atoms with Gasteiger partial charge in [0.05, 0.1) is 5.69 Å². The van der Waals surface area contributed by atoms with E-state index in [9.17, 15) is 0 Å². The summed E-state index contributed by atoms with van der Waals surface area (Å²) < 4.78 is 2.07. The topological polar surface area (TPSA) is 43.1 Å². The van der Waals surface area contributed by atoms with E-state index in [0.717, 1.165) is 30.1 Å². The Morgan fingerprint density at radius 1 is 1.10 bits per heavy atom. The van der Waals surface area contributed by atoms with Crippen molar-refractivity contribution in [1.82, 2.24) is 19.6 Å². The van der Waals surface area contributed by atoms with E-state index in [0.29, 0.717) is 16.7 Å². The van der Waals surface area contributed by atoms with Gasteiger partial charge in [0, 0.05) is 11.6 Å². The molecule has 21 heavy (non-hydrogen) atoms. The molecule has 0 unspecified atom stereocenters. The lowest BCUT2D eigenvalue weighted by molar-refractivity contribution is 0.667. The van der Waals surface area contributed by atoms with Gasteiger partial charge in [-0.2, -0.15) is 0 Å². The monoisotopic (exact) mass is 298 g/mol. The number of rotatable bonds is 1. The zero-order valence-corrected chi connectivity index (χ0v) is 12.7. The largest absolute Gasteiger partial charge is 0.279 e. The van der Waals surface area contributed by atoms with Crippen LogP contribution in [0.5, 0.6) is 0 Å². The maximum Gasteiger partial charge on any atom is 0.198 e. The van der Waals surface area contributed by atoms with Crippen molar-refractivity contribution >= 4 is 17.2 Å². The Hall–Kier alpha value is -1.94. The molecule has 3 aromatic rings. The Morgan fingerprint density at radius 2 is 1.76 bits per heavy atom. The summed E-state index contributed by atoms with van der Waals surface area (Å²) in [5.41, 5.74) is 5.46. The van der Waals surface area contributed by atoms with E-state index in [1.165, 1.54) is 11.1 Å². The molecule has 0 bridgehead atoms. The Bertz CT molecular complexity index is 828. The van der Waals surface area contributed by atoms with Crippen LogP contribution in [0.2, 0.25) is 5.15 Å². The summed E-state index contributed by atoms with van der Waals surface area (Å²) in [7, 11) is 0. The van der Waals surface area contributed by atoms with Crippen LogP contribution in [0.15, 0.2) is 24.3 Å². The molecule has 2 aromatic heterocycles. The van der Waals surface area contributed by atoms with Crippen molar-refractivity contribution in [2.45, 2.75) is 32.6 Å². The number of aromatic nitrogens is 4. The number of benzene rings is 1. The molecule has 4 rings (SSSR count). The number of aryl methyl sites for hydroxylation is 2. The highest BCUT2D eigenvalue weighted by molar-refractivity contribution is 6.32. The Labute approximate surface area is 127 Å². The van der Waals surface area contributed by atoms with Crippen LogP contribution in [0, 0.1) is 13.8 Å². The van der Waals surface area contributed by atoms with Crippen LogP contribution in [0.1, 0.15) is 34.3 Å². The fourth-order valence-electron chi connectivity index (χ4n) is 3.21. The molecule has 4 nitrogen and oxygen atoms in total. The molecule has 2 heterocycles. The van der Waals surface area contributed by atoms with Gasteiger partial charge in [0.15, 0.2) is 10.8 Å². The molecule has 0 atom stereocenters. The zero-order valence-electron chi connectivity index (χ0n) is 12.0. The maximum absolute atomic E-state index is 6.21. The van der Waals surface area contributed by atoms with E-state index in [4.69, 9.17) is 11.6 Å². The van der Waals surface area contributed by atoms with Crippen molar-refractivity contribution in [2.75, 3.05) is 0 Å². The highest BCUT2D eigenvalue weighted by Gasteiger charge is 2.27. The number of fused-ring (bicyclic) bond motifs is 2. The van der Waals surface area contributed by atoms with Gasteiger partial charge in [0.1, 0.15) is 5.82 Å². The van der Waals surface area contributed by atoms with E-state index >= 15 is 0 Å². The number of nitrogens with zero attached hydrogens (tertiary/aromatic N) is 4. The molecule has 106 valence electrons. The smallest absolute Gasteiger partial charge is 0.198 e. The molecular weight excluding hydrogens is 284 g/mol. The van der Waals surface area contributed by atoms with Gasteiger partial charge in [0.25, 0.3) is 0 Å². The third-order valence-electron chi connectivity index (χ3n) is 4.41. The molecule has 1 aliphatic carbocycles. The van der Waals surface area contributed by atoms with E-state index < -0.39 is 0 Å². The third-order valence-corrected chi connectivity index (χ3v) is 4.67. The molecule has 1 aliphatic rings. The molecule has 0 N–H and O–H groups in total. The summed E-state index contributed by atoms with van der Waals surface area (Å²) in [6.45, 7) is 4.01. The van der Waals surface area contributed by atoms with E-state index in [1.807, 2.05) is 13.8 Å². The van der Waals surface area contributed by atoms with Crippen LogP contribution in [0.4, 0.5) is 0 Å². The first-order valence-corrected chi connectivity index (χ1v) is 7.47. The molecule has 5 heteroatoms. The lowest BCUT2D eigenvalue weighted by atomic mass is 10.1. The molecule has 0 saturated heterocycles. The van der Waals surface area contributed by atoms with Crippen LogP contribution in [0.25, 0.3) is 5.65 Å². The summed E-state index contributed by atoms with van der Waals surface area (Å²) in [6, 6.07) is 8.59. The molecule has 0 radical (unpaired) electrons. The number of hydrogen-bond acceptors (Lipinski definition) is 3. The lowest BCUT2D eigenvalue weighted by Gasteiger charge is -2.11. The van der Waals surface area contributed by atoms with Crippen LogP contribution in [-0.4, -0.2) is 19.6 Å². The summed E-state index contributed by atoms with van der Waals surface area (Å²) in [6.07, 6.45) is 2.02. The molecule has 1 aromatic carbocycles. The van der Waals surface area contributed by atoms with Crippen molar-refractivity contribution in [2.24, 2.45) is 0 Å². The molecule has 0 fully saturated rings. The summed E-state index contributed by atoms with van der Waals surface area (Å²) >= 11 is 6.21. The first kappa shape index (κ1) is 12.8.